The first kappa shape index (κ1) is 13.7. The molecule has 0 atom stereocenters. The van der Waals surface area contributed by atoms with Crippen molar-refractivity contribution in [3.05, 3.63) is 43.0 Å². The van der Waals surface area contributed by atoms with Gasteiger partial charge in [-0.1, -0.05) is 0 Å². The maximum absolute atomic E-state index is 11.9. The number of nitrogens with zero attached hydrogens (tertiary/aromatic N) is 3. The van der Waals surface area contributed by atoms with Crippen LogP contribution >= 0.6 is 0 Å². The first-order valence-electron chi connectivity index (χ1n) is 7.42. The normalized spacial score (nSPS) is 15.0. The highest BCUT2D eigenvalue weighted by Crippen LogP contribution is 2.21. The first-order valence-corrected chi connectivity index (χ1v) is 7.42. The van der Waals surface area contributed by atoms with Crippen molar-refractivity contribution in [1.29, 1.82) is 0 Å². The van der Waals surface area contributed by atoms with Gasteiger partial charge in [0.05, 0.1) is 6.33 Å². The van der Waals surface area contributed by atoms with Gasteiger partial charge in [0.25, 0.3) is 0 Å². The summed E-state index contributed by atoms with van der Waals surface area (Å²) in [6, 6.07) is 8.10. The molecule has 1 amide bonds. The van der Waals surface area contributed by atoms with Crippen molar-refractivity contribution in [1.82, 2.24) is 9.55 Å². The molecule has 0 spiro atoms. The molecule has 2 aromatic rings. The van der Waals surface area contributed by atoms with E-state index in [0.29, 0.717) is 0 Å². The van der Waals surface area contributed by atoms with Crippen LogP contribution in [0.5, 0.6) is 0 Å². The number of piperidine rings is 1. The van der Waals surface area contributed by atoms with E-state index in [2.05, 4.69) is 27.3 Å². The molecule has 1 fully saturated rings. The van der Waals surface area contributed by atoms with Gasteiger partial charge in [-0.2, -0.15) is 0 Å². The Morgan fingerprint density at radius 3 is 2.57 bits per heavy atom. The van der Waals surface area contributed by atoms with E-state index in [1.165, 1.54) is 24.9 Å². The van der Waals surface area contributed by atoms with E-state index < -0.39 is 0 Å². The first-order chi connectivity index (χ1) is 10.3. The molecule has 2 heterocycles. The predicted molar refractivity (Wildman–Crippen MR) is 83.4 cm³/mol. The third-order valence-corrected chi connectivity index (χ3v) is 3.76. The van der Waals surface area contributed by atoms with Gasteiger partial charge >= 0.3 is 0 Å². The fourth-order valence-electron chi connectivity index (χ4n) is 2.65. The standard InChI is InChI=1S/C16H20N4O/c21-16(12-19-11-8-17-13-19)18-14-4-6-15(7-5-14)20-9-2-1-3-10-20/h4-8,11,13H,1-3,9-10,12H2,(H,18,21). The van der Waals surface area contributed by atoms with E-state index in [1.807, 2.05) is 12.1 Å². The van der Waals surface area contributed by atoms with Gasteiger partial charge in [0, 0.05) is 36.9 Å². The van der Waals surface area contributed by atoms with Gasteiger partial charge in [0.1, 0.15) is 6.54 Å². The van der Waals surface area contributed by atoms with Crippen LogP contribution in [0.3, 0.4) is 0 Å². The van der Waals surface area contributed by atoms with Crippen molar-refractivity contribution >= 4 is 17.3 Å². The number of nitrogens with one attached hydrogen (secondary N) is 1. The topological polar surface area (TPSA) is 50.2 Å². The zero-order chi connectivity index (χ0) is 14.5. The van der Waals surface area contributed by atoms with E-state index in [0.717, 1.165) is 18.8 Å². The van der Waals surface area contributed by atoms with Crippen LogP contribution in [0.1, 0.15) is 19.3 Å². The molecule has 0 radical (unpaired) electrons. The fourth-order valence-corrected chi connectivity index (χ4v) is 2.65. The molecular formula is C16H20N4O. The van der Waals surface area contributed by atoms with Crippen LogP contribution in [0.25, 0.3) is 0 Å². The molecule has 21 heavy (non-hydrogen) atoms. The van der Waals surface area contributed by atoms with E-state index in [1.54, 1.807) is 23.3 Å². The molecule has 0 aliphatic carbocycles. The number of benzene rings is 1. The molecule has 1 aliphatic rings. The average Bonchev–Trinajstić information content (AvgIpc) is 3.02. The minimum atomic E-state index is -0.0428. The highest BCUT2D eigenvalue weighted by atomic mass is 16.1. The molecule has 0 saturated carbocycles. The molecule has 110 valence electrons. The molecule has 1 aliphatic heterocycles. The summed E-state index contributed by atoms with van der Waals surface area (Å²) < 4.78 is 1.75. The van der Waals surface area contributed by atoms with Gasteiger partial charge in [-0.05, 0) is 43.5 Å². The van der Waals surface area contributed by atoms with Crippen molar-refractivity contribution in [2.75, 3.05) is 23.3 Å². The summed E-state index contributed by atoms with van der Waals surface area (Å²) in [4.78, 5) is 18.2. The second-order valence-electron chi connectivity index (χ2n) is 5.38. The summed E-state index contributed by atoms with van der Waals surface area (Å²) in [7, 11) is 0. The lowest BCUT2D eigenvalue weighted by Gasteiger charge is -2.28. The Hall–Kier alpha value is -2.30. The third kappa shape index (κ3) is 3.62. The van der Waals surface area contributed by atoms with Crippen LogP contribution < -0.4 is 10.2 Å². The molecular weight excluding hydrogens is 264 g/mol. The highest BCUT2D eigenvalue weighted by molar-refractivity contribution is 5.90. The Morgan fingerprint density at radius 2 is 1.90 bits per heavy atom. The fraction of sp³-hybridized carbons (Fsp3) is 0.375. The lowest BCUT2D eigenvalue weighted by molar-refractivity contribution is -0.116. The molecule has 1 saturated heterocycles. The smallest absolute Gasteiger partial charge is 0.244 e. The molecule has 5 nitrogen and oxygen atoms in total. The number of imidazole rings is 1. The predicted octanol–water partition coefficient (Wildman–Crippen LogP) is 2.51. The van der Waals surface area contributed by atoms with Crippen molar-refractivity contribution in [2.24, 2.45) is 0 Å². The summed E-state index contributed by atoms with van der Waals surface area (Å²) in [6.45, 7) is 2.55. The summed E-state index contributed by atoms with van der Waals surface area (Å²) >= 11 is 0. The number of hydrogen-bond donors (Lipinski definition) is 1. The van der Waals surface area contributed by atoms with Crippen LogP contribution in [0.4, 0.5) is 11.4 Å². The Kier molecular flexibility index (Phi) is 4.19. The molecule has 0 bridgehead atoms. The summed E-state index contributed by atoms with van der Waals surface area (Å²) in [5.41, 5.74) is 2.07. The van der Waals surface area contributed by atoms with Gasteiger partial charge in [-0.3, -0.25) is 4.79 Å². The third-order valence-electron chi connectivity index (χ3n) is 3.76. The molecule has 5 heteroatoms. The van der Waals surface area contributed by atoms with Crippen LogP contribution in [-0.2, 0) is 11.3 Å². The Labute approximate surface area is 124 Å². The van der Waals surface area contributed by atoms with Crippen LogP contribution in [0.15, 0.2) is 43.0 Å². The largest absolute Gasteiger partial charge is 0.372 e. The monoisotopic (exact) mass is 284 g/mol. The van der Waals surface area contributed by atoms with Gasteiger partial charge in [-0.25, -0.2) is 4.98 Å². The minimum absolute atomic E-state index is 0.0428. The molecule has 0 unspecified atom stereocenters. The van der Waals surface area contributed by atoms with E-state index >= 15 is 0 Å². The van der Waals surface area contributed by atoms with Crippen LogP contribution in [-0.4, -0.2) is 28.5 Å². The summed E-state index contributed by atoms with van der Waals surface area (Å²) in [5, 5.41) is 2.90. The summed E-state index contributed by atoms with van der Waals surface area (Å²) in [6.07, 6.45) is 8.95. The number of aromatic nitrogens is 2. The van der Waals surface area contributed by atoms with Gasteiger partial charge in [0.15, 0.2) is 0 Å². The zero-order valence-corrected chi connectivity index (χ0v) is 12.0. The summed E-state index contributed by atoms with van der Waals surface area (Å²) in [5.74, 6) is -0.0428. The van der Waals surface area contributed by atoms with Gasteiger partial charge < -0.3 is 14.8 Å². The quantitative estimate of drug-likeness (QED) is 0.938. The van der Waals surface area contributed by atoms with E-state index in [9.17, 15) is 4.79 Å². The van der Waals surface area contributed by atoms with Crippen molar-refractivity contribution < 1.29 is 4.79 Å². The maximum atomic E-state index is 11.9. The van der Waals surface area contributed by atoms with Gasteiger partial charge in [-0.15, -0.1) is 0 Å². The SMILES string of the molecule is O=C(Cn1ccnc1)Nc1ccc(N2CCCCC2)cc1. The molecule has 1 N–H and O–H groups in total. The van der Waals surface area contributed by atoms with E-state index in [4.69, 9.17) is 0 Å². The number of hydrogen-bond acceptors (Lipinski definition) is 3. The van der Waals surface area contributed by atoms with Crippen LogP contribution in [0.2, 0.25) is 0 Å². The Balaban J connectivity index is 1.57. The number of amides is 1. The number of rotatable bonds is 4. The average molecular weight is 284 g/mol. The van der Waals surface area contributed by atoms with Crippen molar-refractivity contribution in [2.45, 2.75) is 25.8 Å². The lowest BCUT2D eigenvalue weighted by atomic mass is 10.1. The Morgan fingerprint density at radius 1 is 1.14 bits per heavy atom. The van der Waals surface area contributed by atoms with E-state index in [-0.39, 0.29) is 12.5 Å². The second-order valence-corrected chi connectivity index (χ2v) is 5.38. The minimum Gasteiger partial charge on any atom is -0.372 e. The highest BCUT2D eigenvalue weighted by Gasteiger charge is 2.10. The van der Waals surface area contributed by atoms with Crippen molar-refractivity contribution in [3.8, 4) is 0 Å². The zero-order valence-electron chi connectivity index (χ0n) is 12.0. The van der Waals surface area contributed by atoms with Gasteiger partial charge in [0.2, 0.25) is 5.91 Å². The molecule has 1 aromatic carbocycles. The maximum Gasteiger partial charge on any atom is 0.244 e. The molecule has 1 aromatic heterocycles. The number of anilines is 2. The second kappa shape index (κ2) is 6.43. The van der Waals surface area contributed by atoms with Crippen LogP contribution in [0, 0.1) is 0 Å². The number of carbonyl (C=O) groups excluding carboxylic acids is 1. The molecule has 3 rings (SSSR count). The Bertz CT molecular complexity index is 571. The number of carbonyl (C=O) groups is 1. The van der Waals surface area contributed by atoms with Crippen molar-refractivity contribution in [3.63, 3.8) is 0 Å². The lowest BCUT2D eigenvalue weighted by Crippen LogP contribution is -2.29.